The molecule has 2 aliphatic carbocycles. The van der Waals surface area contributed by atoms with Crippen LogP contribution >= 0.6 is 24.8 Å². The van der Waals surface area contributed by atoms with Gasteiger partial charge in [0, 0.05) is 0 Å². The fraction of sp³-hybridized carbons (Fsp3) is 0.529. The van der Waals surface area contributed by atoms with Gasteiger partial charge in [-0.25, -0.2) is 0 Å². The predicted molar refractivity (Wildman–Crippen MR) is 177 cm³/mol. The molecule has 0 aliphatic heterocycles. The Bertz CT molecular complexity index is 1250. The molecule has 0 radical (unpaired) electrons. The third-order valence-electron chi connectivity index (χ3n) is 9.28. The molecule has 2 atom stereocenters. The molecule has 0 fully saturated rings. The van der Waals surface area contributed by atoms with Gasteiger partial charge in [0.15, 0.2) is 0 Å². The van der Waals surface area contributed by atoms with Crippen molar-refractivity contribution in [1.82, 2.24) is 0 Å². The first kappa shape index (κ1) is 33.6. The number of allylic oxidation sites excluding steroid dienone is 2. The van der Waals surface area contributed by atoms with E-state index in [9.17, 15) is 0 Å². The van der Waals surface area contributed by atoms with Gasteiger partial charge in [-0.05, 0) is 0 Å². The molecule has 0 saturated carbocycles. The van der Waals surface area contributed by atoms with Gasteiger partial charge in [0.05, 0.1) is 0 Å². The molecule has 0 bridgehead atoms. The maximum Gasteiger partial charge on any atom is -0.147 e. The average molecular weight is 608 g/mol. The first-order valence-corrected chi connectivity index (χ1v) is 23.3. The van der Waals surface area contributed by atoms with Crippen molar-refractivity contribution in [3.05, 3.63) is 79.9 Å². The van der Waals surface area contributed by atoms with Gasteiger partial charge in [-0.1, -0.05) is 0 Å². The van der Waals surface area contributed by atoms with Crippen LogP contribution in [0.3, 0.4) is 0 Å². The van der Waals surface area contributed by atoms with E-state index >= 15 is 0 Å². The molecule has 4 rings (SSSR count). The van der Waals surface area contributed by atoms with Crippen LogP contribution in [0.5, 0.6) is 0 Å². The zero-order chi connectivity index (χ0) is 26.9. The first-order valence-electron chi connectivity index (χ1n) is 14.3. The molecule has 2 aromatic carbocycles. The summed E-state index contributed by atoms with van der Waals surface area (Å²) in [7, 11) is 2.46. The van der Waals surface area contributed by atoms with E-state index in [-0.39, 0.29) is 24.8 Å². The minimum atomic E-state index is -3.22. The molecule has 0 spiro atoms. The van der Waals surface area contributed by atoms with E-state index in [2.05, 4.69) is 124 Å². The van der Waals surface area contributed by atoms with E-state index in [0.717, 1.165) is 0 Å². The zero-order valence-corrected chi connectivity index (χ0v) is 30.6. The third kappa shape index (κ3) is 5.49. The second kappa shape index (κ2) is 11.4. The molecule has 0 saturated heterocycles. The number of hydrogen-bond acceptors (Lipinski definition) is 0. The second-order valence-electron chi connectivity index (χ2n) is 14.4. The van der Waals surface area contributed by atoms with E-state index in [1.54, 1.807) is 44.5 Å². The molecule has 0 aromatic heterocycles. The summed E-state index contributed by atoms with van der Waals surface area (Å²) in [5.41, 5.74) is 15.7. The van der Waals surface area contributed by atoms with Crippen LogP contribution in [0.25, 0.3) is 12.2 Å². The summed E-state index contributed by atoms with van der Waals surface area (Å²) in [4.78, 5) is 0. The van der Waals surface area contributed by atoms with Crippen LogP contribution in [0, 0.1) is 0 Å². The van der Waals surface area contributed by atoms with Gasteiger partial charge in [-0.15, -0.1) is 24.8 Å². The zero-order valence-electron chi connectivity index (χ0n) is 26.0. The molecule has 4 heteroatoms. The number of halogens is 2. The minimum absolute atomic E-state index is 0. The van der Waals surface area contributed by atoms with Crippen molar-refractivity contribution in [1.29, 1.82) is 0 Å². The van der Waals surface area contributed by atoms with E-state index in [0.29, 0.717) is 32.1 Å². The fourth-order valence-electron chi connectivity index (χ4n) is 7.68. The van der Waals surface area contributed by atoms with Crippen molar-refractivity contribution in [3.8, 4) is 0 Å². The van der Waals surface area contributed by atoms with Crippen LogP contribution in [0.2, 0.25) is 10.5 Å². The maximum absolute atomic E-state index is 3.22. The molecule has 2 unspecified atom stereocenters. The smallest absolute Gasteiger partial charge is 0.147 e. The monoisotopic (exact) mass is 606 g/mol. The van der Waals surface area contributed by atoms with Crippen LogP contribution in [-0.2, 0) is 14.0 Å². The number of hydrogen-bond donors (Lipinski definition) is 0. The number of fused-ring (bicyclic) bond motifs is 2. The van der Waals surface area contributed by atoms with Crippen molar-refractivity contribution in [2.75, 3.05) is 0 Å². The van der Waals surface area contributed by atoms with E-state index in [1.807, 2.05) is 0 Å². The standard InChI is InChI=1S/2C16H21.2CH3.2ClH.H2Si.Ti/c2*1-10(2)13-8-14-6-12(5)7-16(14)15(9-13)11(3)4;;;;;;/h2*6-11H,1-5H3;2*1H3;2*1H;1H2;. The molecule has 0 nitrogen and oxygen atoms in total. The summed E-state index contributed by atoms with van der Waals surface area (Å²) in [6.45, 7) is 23.8. The predicted octanol–water partition coefficient (Wildman–Crippen LogP) is 11.0. The molecular weight excluding hydrogens is 555 g/mol. The Hall–Kier alpha value is -0.569. The Morgan fingerprint density at radius 1 is 0.579 bits per heavy atom. The fourth-order valence-corrected chi connectivity index (χ4v) is 21.5. The maximum atomic E-state index is 2.76. The first-order chi connectivity index (χ1) is 16.5. The Balaban J connectivity index is 0.00000253. The van der Waals surface area contributed by atoms with Gasteiger partial charge in [0.1, 0.15) is 0 Å². The molecule has 0 amide bonds. The Morgan fingerprint density at radius 2 is 0.895 bits per heavy atom. The van der Waals surface area contributed by atoms with E-state index in [4.69, 9.17) is 0 Å². The summed E-state index contributed by atoms with van der Waals surface area (Å²) in [5, 5.41) is 5.52. The summed E-state index contributed by atoms with van der Waals surface area (Å²) < 4.78 is 1.16. The summed E-state index contributed by atoms with van der Waals surface area (Å²) in [5.74, 6) is 2.19. The normalized spacial score (nSPS) is 18.9. The Morgan fingerprint density at radius 3 is 1.16 bits per heavy atom. The van der Waals surface area contributed by atoms with Crippen LogP contribution < -0.4 is 0 Å². The second-order valence-corrected chi connectivity index (χ2v) is 34.6. The SMILES string of the molecule is CC1=Cc2c(C(C)C)cc(C(C)C)cc2[CH]1[Ti]([CH3])([CH3])(=[SiH2])[CH]1C(C)=Cc2c(C(C)C)cc(C(C)C)cc21.Cl.Cl. The summed E-state index contributed by atoms with van der Waals surface area (Å²) in [6.07, 6.45) is 5.14. The largest absolute Gasteiger partial charge is 0.147 e. The minimum Gasteiger partial charge on any atom is -0.147 e. The Labute approximate surface area is 248 Å². The van der Waals surface area contributed by atoms with Gasteiger partial charge in [-0.3, -0.25) is 0 Å². The van der Waals surface area contributed by atoms with E-state index < -0.39 is 14.0 Å². The van der Waals surface area contributed by atoms with Crippen molar-refractivity contribution in [2.45, 2.75) is 112 Å². The van der Waals surface area contributed by atoms with Crippen LogP contribution in [0.1, 0.15) is 146 Å². The van der Waals surface area contributed by atoms with Gasteiger partial charge in [-0.2, -0.15) is 0 Å². The summed E-state index contributed by atoms with van der Waals surface area (Å²) in [6, 6.07) is 10.2. The molecule has 210 valence electrons. The Kier molecular flexibility index (Phi) is 10.1. The van der Waals surface area contributed by atoms with Crippen molar-refractivity contribution < 1.29 is 14.0 Å². The van der Waals surface area contributed by atoms with Gasteiger partial charge in [0.25, 0.3) is 0 Å². The number of rotatable bonds is 6. The summed E-state index contributed by atoms with van der Waals surface area (Å²) >= 11 is -3.22. The molecule has 2 aliphatic rings. The van der Waals surface area contributed by atoms with Crippen LogP contribution in [0.4, 0.5) is 0 Å². The average Bonchev–Trinajstić information content (AvgIpc) is 3.27. The molecule has 0 heterocycles. The van der Waals surface area contributed by atoms with Gasteiger partial charge in [0.2, 0.25) is 0 Å². The number of benzene rings is 2. The molecular formula is C34H52Cl2SiTi. The van der Waals surface area contributed by atoms with Crippen molar-refractivity contribution in [3.63, 3.8) is 0 Å². The van der Waals surface area contributed by atoms with E-state index in [1.165, 1.54) is 11.1 Å². The van der Waals surface area contributed by atoms with Gasteiger partial charge < -0.3 is 0 Å². The van der Waals surface area contributed by atoms with Crippen molar-refractivity contribution in [2.24, 2.45) is 0 Å². The van der Waals surface area contributed by atoms with Crippen LogP contribution in [0.15, 0.2) is 35.4 Å². The molecule has 0 N–H and O–H groups in total. The quantitative estimate of drug-likeness (QED) is 0.287. The van der Waals surface area contributed by atoms with Gasteiger partial charge >= 0.3 is 226 Å². The third-order valence-corrected chi connectivity index (χ3v) is 21.0. The van der Waals surface area contributed by atoms with Crippen molar-refractivity contribution >= 4 is 44.6 Å². The molecule has 38 heavy (non-hydrogen) atoms. The van der Waals surface area contributed by atoms with Crippen LogP contribution in [-0.4, -0.2) is 7.63 Å². The topological polar surface area (TPSA) is 0 Å². The molecule has 2 aromatic rings.